The topological polar surface area (TPSA) is 40.0 Å². The maximum absolute atomic E-state index is 12.1. The molecule has 7 heteroatoms. The van der Waals surface area contributed by atoms with E-state index in [9.17, 15) is 13.2 Å². The Labute approximate surface area is 156 Å². The van der Waals surface area contributed by atoms with Crippen LogP contribution in [0.25, 0.3) is 0 Å². The third-order valence-electron chi connectivity index (χ3n) is 3.46. The summed E-state index contributed by atoms with van der Waals surface area (Å²) in [7, 11) is 0. The maximum Gasteiger partial charge on any atom is 0.573 e. The number of hydrogen-bond donors (Lipinski definition) is 0. The number of alkyl halides is 3. The van der Waals surface area contributed by atoms with Gasteiger partial charge in [-0.3, -0.25) is 4.99 Å². The lowest BCUT2D eigenvalue weighted by Gasteiger charge is -2.10. The predicted octanol–water partition coefficient (Wildman–Crippen LogP) is 5.01. The van der Waals surface area contributed by atoms with Crippen LogP contribution in [0.3, 0.4) is 0 Å². The van der Waals surface area contributed by atoms with E-state index in [1.807, 2.05) is 31.2 Å². The number of aliphatic imine (C=N–C) groups is 1. The fourth-order valence-corrected chi connectivity index (χ4v) is 2.18. The smallest absolute Gasteiger partial charge is 0.489 e. The molecule has 0 heterocycles. The van der Waals surface area contributed by atoms with Crippen LogP contribution >= 0.6 is 0 Å². The molecule has 2 aromatic carbocycles. The van der Waals surface area contributed by atoms with Crippen molar-refractivity contribution in [1.29, 1.82) is 0 Å². The summed E-state index contributed by atoms with van der Waals surface area (Å²) < 4.78 is 51.1. The van der Waals surface area contributed by atoms with Crippen LogP contribution in [0.1, 0.15) is 24.5 Å². The summed E-state index contributed by atoms with van der Waals surface area (Å²) in [4.78, 5) is 4.33. The minimum Gasteiger partial charge on any atom is -0.489 e. The minimum atomic E-state index is -4.69. The molecule has 0 fully saturated rings. The fraction of sp³-hybridized carbons (Fsp3) is 0.350. The van der Waals surface area contributed by atoms with Crippen molar-refractivity contribution in [3.8, 4) is 11.5 Å². The molecule has 0 atom stereocenters. The average Bonchev–Trinajstić information content (AvgIpc) is 2.64. The van der Waals surface area contributed by atoms with Crippen molar-refractivity contribution in [2.45, 2.75) is 26.3 Å². The first-order chi connectivity index (χ1) is 13.0. The largest absolute Gasteiger partial charge is 0.573 e. The molecule has 0 saturated heterocycles. The van der Waals surface area contributed by atoms with Gasteiger partial charge in [-0.25, -0.2) is 0 Å². The maximum atomic E-state index is 12.1. The summed E-state index contributed by atoms with van der Waals surface area (Å²) in [6.07, 6.45) is -2.00. The molecular weight excluding hydrogens is 359 g/mol. The molecule has 0 amide bonds. The van der Waals surface area contributed by atoms with Crippen molar-refractivity contribution >= 4 is 6.21 Å². The molecule has 0 aliphatic heterocycles. The van der Waals surface area contributed by atoms with Gasteiger partial charge in [0.25, 0.3) is 0 Å². The summed E-state index contributed by atoms with van der Waals surface area (Å²) >= 11 is 0. The quantitative estimate of drug-likeness (QED) is 0.429. The molecule has 146 valence electrons. The van der Waals surface area contributed by atoms with Crippen LogP contribution in [0.2, 0.25) is 0 Å². The number of ether oxygens (including phenoxy) is 3. The Bertz CT molecular complexity index is 698. The van der Waals surface area contributed by atoms with Crippen molar-refractivity contribution in [1.82, 2.24) is 0 Å². The lowest BCUT2D eigenvalue weighted by molar-refractivity contribution is -0.274. The van der Waals surface area contributed by atoms with Gasteiger partial charge in [0.05, 0.1) is 0 Å². The van der Waals surface area contributed by atoms with Crippen LogP contribution in [0.15, 0.2) is 53.5 Å². The second kappa shape index (κ2) is 10.6. The van der Waals surface area contributed by atoms with Crippen LogP contribution < -0.4 is 9.47 Å². The van der Waals surface area contributed by atoms with Crippen molar-refractivity contribution in [3.05, 3.63) is 59.7 Å². The first kappa shape index (κ1) is 20.8. The fourth-order valence-electron chi connectivity index (χ4n) is 2.18. The van der Waals surface area contributed by atoms with E-state index >= 15 is 0 Å². The second-order valence-corrected chi connectivity index (χ2v) is 5.64. The van der Waals surface area contributed by atoms with E-state index in [4.69, 9.17) is 9.47 Å². The molecule has 2 rings (SSSR count). The van der Waals surface area contributed by atoms with Crippen LogP contribution in [-0.2, 0) is 11.3 Å². The van der Waals surface area contributed by atoms with Crippen molar-refractivity contribution in [2.24, 2.45) is 4.99 Å². The first-order valence-corrected chi connectivity index (χ1v) is 8.61. The summed E-state index contributed by atoms with van der Waals surface area (Å²) in [5.74, 6) is 0.412. The summed E-state index contributed by atoms with van der Waals surface area (Å²) in [5.41, 5.74) is 1.71. The van der Waals surface area contributed by atoms with Gasteiger partial charge in [0.15, 0.2) is 0 Å². The number of benzene rings is 2. The van der Waals surface area contributed by atoms with E-state index in [1.165, 1.54) is 24.3 Å². The average molecular weight is 381 g/mol. The number of halogens is 3. The standard InChI is InChI=1S/C20H22F3NO3/c1-2-25-13-3-12-24-14-16-4-8-18(9-5-16)26-15-17-6-10-19(11-7-17)27-20(21,22)23/h4-11,14H,2-3,12-13,15H2,1H3. The molecule has 0 spiro atoms. The Morgan fingerprint density at radius 1 is 0.963 bits per heavy atom. The molecule has 0 radical (unpaired) electrons. The van der Waals surface area contributed by atoms with Crippen molar-refractivity contribution in [3.63, 3.8) is 0 Å². The third kappa shape index (κ3) is 8.59. The third-order valence-corrected chi connectivity index (χ3v) is 3.46. The summed E-state index contributed by atoms with van der Waals surface area (Å²) in [5, 5.41) is 0. The molecule has 0 aliphatic carbocycles. The van der Waals surface area contributed by atoms with E-state index in [0.29, 0.717) is 18.9 Å². The van der Waals surface area contributed by atoms with Gasteiger partial charge in [-0.1, -0.05) is 12.1 Å². The molecule has 2 aromatic rings. The number of nitrogens with zero attached hydrogens (tertiary/aromatic N) is 1. The highest BCUT2D eigenvalue weighted by molar-refractivity contribution is 5.79. The Hall–Kier alpha value is -2.54. The van der Waals surface area contributed by atoms with Crippen molar-refractivity contribution in [2.75, 3.05) is 19.8 Å². The number of rotatable bonds is 10. The highest BCUT2D eigenvalue weighted by atomic mass is 19.4. The van der Waals surface area contributed by atoms with Crippen molar-refractivity contribution < 1.29 is 27.4 Å². The van der Waals surface area contributed by atoms with Gasteiger partial charge in [0, 0.05) is 26.0 Å². The Kier molecular flexibility index (Phi) is 8.13. The van der Waals surface area contributed by atoms with Gasteiger partial charge in [-0.15, -0.1) is 13.2 Å². The van der Waals surface area contributed by atoms with Crippen LogP contribution in [0.5, 0.6) is 11.5 Å². The molecule has 0 aromatic heterocycles. The molecular formula is C20H22F3NO3. The zero-order valence-electron chi connectivity index (χ0n) is 15.0. The van der Waals surface area contributed by atoms with E-state index in [2.05, 4.69) is 9.73 Å². The molecule has 0 bridgehead atoms. The monoisotopic (exact) mass is 381 g/mol. The first-order valence-electron chi connectivity index (χ1n) is 8.61. The predicted molar refractivity (Wildman–Crippen MR) is 97.5 cm³/mol. The van der Waals surface area contributed by atoms with Gasteiger partial charge in [0.2, 0.25) is 0 Å². The van der Waals surface area contributed by atoms with E-state index < -0.39 is 6.36 Å². The molecule has 4 nitrogen and oxygen atoms in total. The molecule has 0 unspecified atom stereocenters. The van der Waals surface area contributed by atoms with Gasteiger partial charge in [0.1, 0.15) is 18.1 Å². The molecule has 0 aliphatic rings. The lowest BCUT2D eigenvalue weighted by atomic mass is 10.2. The van der Waals surface area contributed by atoms with Crippen LogP contribution in [-0.4, -0.2) is 32.3 Å². The van der Waals surface area contributed by atoms with Gasteiger partial charge in [-0.2, -0.15) is 0 Å². The minimum absolute atomic E-state index is 0.247. The summed E-state index contributed by atoms with van der Waals surface area (Å²) in [6.45, 7) is 4.36. The van der Waals surface area contributed by atoms with Crippen LogP contribution in [0.4, 0.5) is 13.2 Å². The molecule has 0 N–H and O–H groups in total. The normalized spacial score (nSPS) is 11.7. The van der Waals surface area contributed by atoms with Crippen LogP contribution in [0, 0.1) is 0 Å². The Morgan fingerprint density at radius 2 is 1.63 bits per heavy atom. The van der Waals surface area contributed by atoms with E-state index in [-0.39, 0.29) is 12.4 Å². The van der Waals surface area contributed by atoms with Gasteiger partial charge >= 0.3 is 6.36 Å². The number of hydrogen-bond acceptors (Lipinski definition) is 4. The Balaban J connectivity index is 1.77. The summed E-state index contributed by atoms with van der Waals surface area (Å²) in [6, 6.07) is 13.0. The zero-order chi connectivity index (χ0) is 19.5. The molecule has 0 saturated carbocycles. The SMILES string of the molecule is CCOCCCN=Cc1ccc(OCc2ccc(OC(F)(F)F)cc2)cc1. The zero-order valence-corrected chi connectivity index (χ0v) is 15.0. The second-order valence-electron chi connectivity index (χ2n) is 5.64. The van der Waals surface area contributed by atoms with Gasteiger partial charge < -0.3 is 14.2 Å². The van der Waals surface area contributed by atoms with E-state index in [1.54, 1.807) is 6.21 Å². The highest BCUT2D eigenvalue weighted by Gasteiger charge is 2.30. The lowest BCUT2D eigenvalue weighted by Crippen LogP contribution is -2.17. The van der Waals surface area contributed by atoms with Gasteiger partial charge in [-0.05, 0) is 60.9 Å². The van der Waals surface area contributed by atoms with E-state index in [0.717, 1.165) is 24.2 Å². The highest BCUT2D eigenvalue weighted by Crippen LogP contribution is 2.23. The molecule has 27 heavy (non-hydrogen) atoms. The Morgan fingerprint density at radius 3 is 2.26 bits per heavy atom.